The van der Waals surface area contributed by atoms with Crippen molar-refractivity contribution >= 4 is 11.3 Å². The number of nitrogens with zero attached hydrogens (tertiary/aromatic N) is 1. The first kappa shape index (κ1) is 12.6. The summed E-state index contributed by atoms with van der Waals surface area (Å²) in [5, 5.41) is 4.53. The zero-order valence-corrected chi connectivity index (χ0v) is 10.6. The van der Waals surface area contributed by atoms with Gasteiger partial charge in [-0.05, 0) is 18.9 Å². The molecule has 0 amide bonds. The molecule has 86 valence electrons. The van der Waals surface area contributed by atoms with E-state index in [-0.39, 0.29) is 0 Å². The van der Waals surface area contributed by atoms with Gasteiger partial charge in [0, 0.05) is 31.3 Å². The van der Waals surface area contributed by atoms with Gasteiger partial charge in [0.15, 0.2) is 0 Å². The van der Waals surface area contributed by atoms with E-state index in [4.69, 9.17) is 4.74 Å². The van der Waals surface area contributed by atoms with Crippen molar-refractivity contribution in [3.05, 3.63) is 16.1 Å². The van der Waals surface area contributed by atoms with Crippen LogP contribution in [-0.4, -0.2) is 25.2 Å². The largest absolute Gasteiger partial charge is 0.385 e. The van der Waals surface area contributed by atoms with Crippen LogP contribution in [0, 0.1) is 0 Å². The third-order valence-corrected chi connectivity index (χ3v) is 3.42. The van der Waals surface area contributed by atoms with Gasteiger partial charge < -0.3 is 10.1 Å². The van der Waals surface area contributed by atoms with Crippen LogP contribution in [0.3, 0.4) is 0 Å². The van der Waals surface area contributed by atoms with Gasteiger partial charge in [0.2, 0.25) is 0 Å². The zero-order chi connectivity index (χ0) is 11.1. The lowest BCUT2D eigenvalue weighted by molar-refractivity contribution is 0.194. The lowest BCUT2D eigenvalue weighted by Crippen LogP contribution is -2.15. The fourth-order valence-corrected chi connectivity index (χ4v) is 2.10. The highest BCUT2D eigenvalue weighted by Crippen LogP contribution is 2.21. The Morgan fingerprint density at radius 3 is 2.93 bits per heavy atom. The lowest BCUT2D eigenvalue weighted by Gasteiger charge is -2.01. The van der Waals surface area contributed by atoms with Crippen LogP contribution in [0.25, 0.3) is 0 Å². The normalized spacial score (nSPS) is 11.2. The Hall–Kier alpha value is -0.450. The fraction of sp³-hybridized carbons (Fsp3) is 0.727. The molecule has 0 saturated carbocycles. The fourth-order valence-electron chi connectivity index (χ4n) is 1.21. The summed E-state index contributed by atoms with van der Waals surface area (Å²) in [4.78, 5) is 5.74. The van der Waals surface area contributed by atoms with Crippen LogP contribution in [0.15, 0.2) is 6.20 Å². The van der Waals surface area contributed by atoms with E-state index in [0.717, 1.165) is 26.1 Å². The number of hydrogen-bond acceptors (Lipinski definition) is 4. The number of hydrogen-bond donors (Lipinski definition) is 1. The molecule has 15 heavy (non-hydrogen) atoms. The lowest BCUT2D eigenvalue weighted by atomic mass is 10.2. The van der Waals surface area contributed by atoms with E-state index >= 15 is 0 Å². The Kier molecular flexibility index (Phi) is 5.83. The molecule has 0 radical (unpaired) electrons. The molecule has 0 saturated heterocycles. The van der Waals surface area contributed by atoms with Gasteiger partial charge in [-0.2, -0.15) is 0 Å². The summed E-state index contributed by atoms with van der Waals surface area (Å²) in [5.41, 5.74) is 0. The van der Waals surface area contributed by atoms with Gasteiger partial charge in [0.25, 0.3) is 0 Å². The molecule has 1 N–H and O–H groups in total. The Morgan fingerprint density at radius 1 is 1.53 bits per heavy atom. The molecule has 1 aromatic heterocycles. The summed E-state index contributed by atoms with van der Waals surface area (Å²) in [7, 11) is 1.73. The summed E-state index contributed by atoms with van der Waals surface area (Å²) in [6, 6.07) is 0. The maximum absolute atomic E-state index is 4.98. The van der Waals surface area contributed by atoms with Crippen molar-refractivity contribution in [3.63, 3.8) is 0 Å². The van der Waals surface area contributed by atoms with E-state index in [1.54, 1.807) is 18.4 Å². The van der Waals surface area contributed by atoms with Crippen LogP contribution >= 0.6 is 11.3 Å². The molecule has 0 aliphatic heterocycles. The van der Waals surface area contributed by atoms with Gasteiger partial charge in [-0.3, -0.25) is 0 Å². The Bertz CT molecular complexity index is 273. The highest BCUT2D eigenvalue weighted by Gasteiger charge is 2.04. The molecule has 0 aliphatic rings. The first-order chi connectivity index (χ1) is 7.24. The third kappa shape index (κ3) is 4.73. The Morgan fingerprint density at radius 2 is 2.33 bits per heavy atom. The van der Waals surface area contributed by atoms with Crippen molar-refractivity contribution in [3.8, 4) is 0 Å². The Labute approximate surface area is 95.9 Å². The topological polar surface area (TPSA) is 34.1 Å². The van der Waals surface area contributed by atoms with Gasteiger partial charge in [-0.25, -0.2) is 4.98 Å². The average molecular weight is 228 g/mol. The Balaban J connectivity index is 2.20. The van der Waals surface area contributed by atoms with Gasteiger partial charge in [-0.1, -0.05) is 13.8 Å². The van der Waals surface area contributed by atoms with E-state index in [0.29, 0.717) is 5.92 Å². The molecule has 0 atom stereocenters. The molecular weight excluding hydrogens is 208 g/mol. The average Bonchev–Trinajstić information content (AvgIpc) is 2.66. The van der Waals surface area contributed by atoms with Gasteiger partial charge in [0.1, 0.15) is 5.01 Å². The standard InChI is InChI=1S/C11H20N2OS/c1-9(2)10-7-13-11(15-10)8-12-5-4-6-14-3/h7,9,12H,4-6,8H2,1-3H3. The second-order valence-electron chi connectivity index (χ2n) is 3.83. The van der Waals surface area contributed by atoms with E-state index in [1.807, 2.05) is 6.20 Å². The van der Waals surface area contributed by atoms with Crippen LogP contribution in [-0.2, 0) is 11.3 Å². The van der Waals surface area contributed by atoms with E-state index < -0.39 is 0 Å². The molecule has 1 rings (SSSR count). The molecule has 1 heterocycles. The van der Waals surface area contributed by atoms with Gasteiger partial charge in [-0.15, -0.1) is 11.3 Å². The number of aromatic nitrogens is 1. The first-order valence-electron chi connectivity index (χ1n) is 5.38. The van der Waals surface area contributed by atoms with Crippen molar-refractivity contribution in [2.75, 3.05) is 20.3 Å². The quantitative estimate of drug-likeness (QED) is 0.728. The van der Waals surface area contributed by atoms with Crippen molar-refractivity contribution in [1.82, 2.24) is 10.3 Å². The van der Waals surface area contributed by atoms with Crippen LogP contribution in [0.4, 0.5) is 0 Å². The van der Waals surface area contributed by atoms with E-state index in [1.165, 1.54) is 9.88 Å². The number of nitrogens with one attached hydrogen (secondary N) is 1. The van der Waals surface area contributed by atoms with E-state index in [9.17, 15) is 0 Å². The highest BCUT2D eigenvalue weighted by molar-refractivity contribution is 7.11. The molecule has 0 aliphatic carbocycles. The molecular formula is C11H20N2OS. The van der Waals surface area contributed by atoms with Gasteiger partial charge >= 0.3 is 0 Å². The molecule has 3 nitrogen and oxygen atoms in total. The number of thiazole rings is 1. The number of rotatable bonds is 7. The molecule has 0 aromatic carbocycles. The molecule has 0 spiro atoms. The predicted octanol–water partition coefficient (Wildman–Crippen LogP) is 2.39. The maximum Gasteiger partial charge on any atom is 0.107 e. The van der Waals surface area contributed by atoms with E-state index in [2.05, 4.69) is 24.1 Å². The second-order valence-corrected chi connectivity index (χ2v) is 4.98. The minimum absolute atomic E-state index is 0.588. The van der Waals surface area contributed by atoms with Gasteiger partial charge in [0.05, 0.1) is 0 Å². The smallest absolute Gasteiger partial charge is 0.107 e. The summed E-state index contributed by atoms with van der Waals surface area (Å²) < 4.78 is 4.98. The van der Waals surface area contributed by atoms with Crippen LogP contribution in [0.1, 0.15) is 36.1 Å². The second kappa shape index (κ2) is 6.93. The number of ether oxygens (including phenoxy) is 1. The minimum Gasteiger partial charge on any atom is -0.385 e. The molecule has 0 fully saturated rings. The first-order valence-corrected chi connectivity index (χ1v) is 6.20. The molecule has 0 unspecified atom stereocenters. The summed E-state index contributed by atoms with van der Waals surface area (Å²) in [5.74, 6) is 0.588. The van der Waals surface area contributed by atoms with Crippen molar-refractivity contribution in [2.45, 2.75) is 32.7 Å². The zero-order valence-electron chi connectivity index (χ0n) is 9.75. The SMILES string of the molecule is COCCCNCc1ncc(C(C)C)s1. The minimum atomic E-state index is 0.588. The highest BCUT2D eigenvalue weighted by atomic mass is 32.1. The monoisotopic (exact) mass is 228 g/mol. The molecule has 0 bridgehead atoms. The van der Waals surface area contributed by atoms with Crippen molar-refractivity contribution in [1.29, 1.82) is 0 Å². The maximum atomic E-state index is 4.98. The predicted molar refractivity (Wildman–Crippen MR) is 64.4 cm³/mol. The van der Waals surface area contributed by atoms with Crippen LogP contribution in [0.2, 0.25) is 0 Å². The molecule has 1 aromatic rings. The van der Waals surface area contributed by atoms with Crippen LogP contribution < -0.4 is 5.32 Å². The van der Waals surface area contributed by atoms with Crippen molar-refractivity contribution in [2.24, 2.45) is 0 Å². The summed E-state index contributed by atoms with van der Waals surface area (Å²) in [6.07, 6.45) is 3.04. The summed E-state index contributed by atoms with van der Waals surface area (Å²) in [6.45, 7) is 7.08. The van der Waals surface area contributed by atoms with Crippen molar-refractivity contribution < 1.29 is 4.74 Å². The number of methoxy groups -OCH3 is 1. The summed E-state index contributed by atoms with van der Waals surface area (Å²) >= 11 is 1.80. The third-order valence-electron chi connectivity index (χ3n) is 2.12. The molecule has 4 heteroatoms. The van der Waals surface area contributed by atoms with Crippen LogP contribution in [0.5, 0.6) is 0 Å².